The number of amides is 1. The molecule has 2 aliphatic rings. The number of carbonyl (C=O) groups excluding carboxylic acids is 3. The molecule has 3 rings (SSSR count). The van der Waals surface area contributed by atoms with E-state index in [1.54, 1.807) is 20.8 Å². The standard InChI is InChI=1S/C21H25NO6S/c1-13(23)26-11-15-12-29-19-17(27-10-14-8-6-5-7-9-14)18(24)22(19)16(15)20(25)28-21(2,3)4/h5-9,17,19H,10-12H2,1-4H3/t17-,19+/m0/s1. The van der Waals surface area contributed by atoms with Crippen molar-refractivity contribution >= 4 is 29.6 Å². The van der Waals surface area contributed by atoms with Crippen LogP contribution >= 0.6 is 11.8 Å². The molecule has 1 fully saturated rings. The Bertz CT molecular complexity index is 829. The van der Waals surface area contributed by atoms with Gasteiger partial charge < -0.3 is 14.2 Å². The zero-order chi connectivity index (χ0) is 21.2. The molecule has 7 nitrogen and oxygen atoms in total. The number of rotatable bonds is 6. The lowest BCUT2D eigenvalue weighted by Gasteiger charge is -2.49. The van der Waals surface area contributed by atoms with Gasteiger partial charge in [-0.1, -0.05) is 30.3 Å². The molecule has 29 heavy (non-hydrogen) atoms. The molecule has 1 aromatic carbocycles. The van der Waals surface area contributed by atoms with E-state index in [1.165, 1.54) is 23.6 Å². The lowest BCUT2D eigenvalue weighted by Crippen LogP contribution is -2.66. The van der Waals surface area contributed by atoms with Crippen molar-refractivity contribution in [1.29, 1.82) is 0 Å². The van der Waals surface area contributed by atoms with Gasteiger partial charge in [0.25, 0.3) is 5.91 Å². The van der Waals surface area contributed by atoms with Gasteiger partial charge in [-0.05, 0) is 26.3 Å². The Balaban J connectivity index is 1.77. The van der Waals surface area contributed by atoms with Crippen LogP contribution < -0.4 is 0 Å². The van der Waals surface area contributed by atoms with E-state index in [2.05, 4.69) is 0 Å². The van der Waals surface area contributed by atoms with Gasteiger partial charge >= 0.3 is 11.9 Å². The number of thioether (sulfide) groups is 1. The number of β-lactam (4-membered cyclic amide) rings is 1. The summed E-state index contributed by atoms with van der Waals surface area (Å²) in [7, 11) is 0. The first-order valence-corrected chi connectivity index (χ1v) is 10.4. The van der Waals surface area contributed by atoms with E-state index in [-0.39, 0.29) is 23.6 Å². The SMILES string of the molecule is CC(=O)OCC1=C(C(=O)OC(C)(C)C)N2C(=O)[C@H](OCc3ccccc3)[C@H]2SC1. The molecule has 2 atom stereocenters. The number of hydrogen-bond acceptors (Lipinski definition) is 7. The van der Waals surface area contributed by atoms with Crippen LogP contribution in [0.4, 0.5) is 0 Å². The molecule has 1 saturated heterocycles. The van der Waals surface area contributed by atoms with Crippen LogP contribution in [-0.2, 0) is 35.2 Å². The smallest absolute Gasteiger partial charge is 0.355 e. The first kappa shape index (κ1) is 21.4. The van der Waals surface area contributed by atoms with Crippen LogP contribution in [0.1, 0.15) is 33.3 Å². The highest BCUT2D eigenvalue weighted by molar-refractivity contribution is 8.00. The number of ether oxygens (including phenoxy) is 3. The number of fused-ring (bicyclic) bond motifs is 1. The van der Waals surface area contributed by atoms with Crippen molar-refractivity contribution < 1.29 is 28.6 Å². The van der Waals surface area contributed by atoms with Crippen LogP contribution in [0.5, 0.6) is 0 Å². The van der Waals surface area contributed by atoms with Crippen molar-refractivity contribution in [2.24, 2.45) is 0 Å². The Morgan fingerprint density at radius 3 is 2.48 bits per heavy atom. The van der Waals surface area contributed by atoms with Gasteiger partial charge in [-0.3, -0.25) is 14.5 Å². The Labute approximate surface area is 174 Å². The van der Waals surface area contributed by atoms with Gasteiger partial charge in [-0.2, -0.15) is 0 Å². The minimum Gasteiger partial charge on any atom is -0.461 e. The fraction of sp³-hybridized carbons (Fsp3) is 0.476. The average Bonchev–Trinajstić information content (AvgIpc) is 2.65. The summed E-state index contributed by atoms with van der Waals surface area (Å²) in [5.41, 5.74) is 0.978. The quantitative estimate of drug-likeness (QED) is 0.518. The molecule has 0 N–H and O–H groups in total. The van der Waals surface area contributed by atoms with Gasteiger partial charge in [0.05, 0.1) is 6.61 Å². The van der Waals surface area contributed by atoms with Gasteiger partial charge in [0.15, 0.2) is 6.10 Å². The van der Waals surface area contributed by atoms with Crippen molar-refractivity contribution in [2.45, 2.75) is 51.4 Å². The third-order valence-electron chi connectivity index (χ3n) is 4.31. The van der Waals surface area contributed by atoms with Crippen LogP contribution in [0, 0.1) is 0 Å². The Kier molecular flexibility index (Phi) is 6.33. The minimum atomic E-state index is -0.714. The normalized spacial score (nSPS) is 21.4. The van der Waals surface area contributed by atoms with Gasteiger partial charge in [0.1, 0.15) is 23.3 Å². The van der Waals surface area contributed by atoms with Crippen molar-refractivity contribution in [2.75, 3.05) is 12.4 Å². The van der Waals surface area contributed by atoms with Crippen LogP contribution in [0.2, 0.25) is 0 Å². The van der Waals surface area contributed by atoms with Crippen molar-refractivity contribution in [3.63, 3.8) is 0 Å². The summed E-state index contributed by atoms with van der Waals surface area (Å²) in [6.45, 7) is 6.84. The highest BCUT2D eigenvalue weighted by atomic mass is 32.2. The van der Waals surface area contributed by atoms with Crippen molar-refractivity contribution in [3.05, 3.63) is 47.2 Å². The van der Waals surface area contributed by atoms with Gasteiger partial charge in [-0.15, -0.1) is 11.8 Å². The molecule has 2 heterocycles. The summed E-state index contributed by atoms with van der Waals surface area (Å²) in [5.74, 6) is -0.895. The number of nitrogens with zero attached hydrogens (tertiary/aromatic N) is 1. The Hall–Kier alpha value is -2.32. The van der Waals surface area contributed by atoms with E-state index < -0.39 is 23.6 Å². The molecule has 0 saturated carbocycles. The van der Waals surface area contributed by atoms with E-state index in [1.807, 2.05) is 30.3 Å². The number of esters is 2. The first-order valence-electron chi connectivity index (χ1n) is 9.36. The summed E-state index contributed by atoms with van der Waals surface area (Å²) in [5, 5.41) is -0.310. The maximum Gasteiger partial charge on any atom is 0.355 e. The van der Waals surface area contributed by atoms with Crippen molar-refractivity contribution in [3.8, 4) is 0 Å². The van der Waals surface area contributed by atoms with Crippen LogP contribution in [0.25, 0.3) is 0 Å². The van der Waals surface area contributed by atoms with E-state index in [9.17, 15) is 14.4 Å². The van der Waals surface area contributed by atoms with Crippen LogP contribution in [0.15, 0.2) is 41.6 Å². The highest BCUT2D eigenvalue weighted by Gasteiger charge is 2.55. The lowest BCUT2D eigenvalue weighted by atomic mass is 10.0. The molecule has 0 aromatic heterocycles. The summed E-state index contributed by atoms with van der Waals surface area (Å²) in [6.07, 6.45) is -0.632. The van der Waals surface area contributed by atoms with E-state index in [0.717, 1.165) is 5.56 Å². The molecular formula is C21H25NO6S. The average molecular weight is 419 g/mol. The zero-order valence-electron chi connectivity index (χ0n) is 17.0. The fourth-order valence-electron chi connectivity index (χ4n) is 3.04. The van der Waals surface area contributed by atoms with E-state index in [0.29, 0.717) is 17.9 Å². The third-order valence-corrected chi connectivity index (χ3v) is 5.63. The molecule has 156 valence electrons. The largest absolute Gasteiger partial charge is 0.461 e. The van der Waals surface area contributed by atoms with E-state index >= 15 is 0 Å². The third kappa shape index (κ3) is 5.00. The number of hydrogen-bond donors (Lipinski definition) is 0. The highest BCUT2D eigenvalue weighted by Crippen LogP contribution is 2.42. The topological polar surface area (TPSA) is 82.1 Å². The molecule has 0 aliphatic carbocycles. The maximum atomic E-state index is 12.8. The summed E-state index contributed by atoms with van der Waals surface area (Å²) >= 11 is 1.48. The lowest BCUT2D eigenvalue weighted by molar-refractivity contribution is -0.170. The van der Waals surface area contributed by atoms with Gasteiger partial charge in [0, 0.05) is 18.2 Å². The van der Waals surface area contributed by atoms with E-state index in [4.69, 9.17) is 14.2 Å². The van der Waals surface area contributed by atoms with Gasteiger partial charge in [0.2, 0.25) is 0 Å². The molecule has 1 amide bonds. The molecule has 0 bridgehead atoms. The number of benzene rings is 1. The molecule has 0 unspecified atom stereocenters. The molecule has 1 aromatic rings. The minimum absolute atomic E-state index is 0.0526. The number of carbonyl (C=O) groups is 3. The first-order chi connectivity index (χ1) is 13.7. The summed E-state index contributed by atoms with van der Waals surface area (Å²) in [6, 6.07) is 9.59. The monoisotopic (exact) mass is 419 g/mol. The van der Waals surface area contributed by atoms with Gasteiger partial charge in [-0.25, -0.2) is 4.79 Å². The predicted octanol–water partition coefficient (Wildman–Crippen LogP) is 2.65. The second-order valence-corrected chi connectivity index (χ2v) is 8.97. The second kappa shape index (κ2) is 8.59. The molecule has 0 radical (unpaired) electrons. The zero-order valence-corrected chi connectivity index (χ0v) is 17.8. The second-order valence-electron chi connectivity index (χ2n) is 7.86. The molecule has 8 heteroatoms. The fourth-order valence-corrected chi connectivity index (χ4v) is 4.36. The van der Waals surface area contributed by atoms with Crippen LogP contribution in [-0.4, -0.2) is 52.2 Å². The van der Waals surface area contributed by atoms with Crippen LogP contribution in [0.3, 0.4) is 0 Å². The Morgan fingerprint density at radius 2 is 1.86 bits per heavy atom. The summed E-state index contributed by atoms with van der Waals surface area (Å²) in [4.78, 5) is 38.3. The summed E-state index contributed by atoms with van der Waals surface area (Å²) < 4.78 is 16.4. The maximum absolute atomic E-state index is 12.8. The predicted molar refractivity (Wildman–Crippen MR) is 108 cm³/mol. The van der Waals surface area contributed by atoms with Crippen molar-refractivity contribution in [1.82, 2.24) is 4.90 Å². The Morgan fingerprint density at radius 1 is 1.17 bits per heavy atom. The molecular weight excluding hydrogens is 394 g/mol. The molecule has 2 aliphatic heterocycles. The molecule has 0 spiro atoms.